The second-order valence-corrected chi connectivity index (χ2v) is 5.92. The van der Waals surface area contributed by atoms with Gasteiger partial charge >= 0.3 is 7.60 Å². The van der Waals surface area contributed by atoms with Crippen LogP contribution in [-0.2, 0) is 13.6 Å². The van der Waals surface area contributed by atoms with Crippen molar-refractivity contribution >= 4 is 30.2 Å². The number of alkyl halides is 1. The van der Waals surface area contributed by atoms with Crippen LogP contribution in [0.2, 0.25) is 0 Å². The summed E-state index contributed by atoms with van der Waals surface area (Å²) in [6.07, 6.45) is 2.42. The number of rotatable bonds is 8. The minimum atomic E-state index is -2.92. The molecule has 0 rings (SSSR count). The first-order chi connectivity index (χ1) is 6.64. The first-order valence-corrected chi connectivity index (χ1v) is 7.84. The van der Waals surface area contributed by atoms with Crippen LogP contribution in [0.25, 0.3) is 0 Å². The van der Waals surface area contributed by atoms with E-state index in [1.165, 1.54) is 0 Å². The average Bonchev–Trinajstić information content (AvgIpc) is 2.14. The predicted octanol–water partition coefficient (Wildman–Crippen LogP) is 3.63. The Morgan fingerprint density at radius 1 is 1.43 bits per heavy atom. The number of hydrogen-bond acceptors (Lipinski definition) is 3. The highest BCUT2D eigenvalue weighted by Crippen LogP contribution is 2.54. The maximum Gasteiger partial charge on any atom is 0.334 e. The maximum atomic E-state index is 12.2. The van der Waals surface area contributed by atoms with E-state index in [9.17, 15) is 4.57 Å². The second-order valence-electron chi connectivity index (χ2n) is 2.71. The molecule has 5 heteroatoms. The van der Waals surface area contributed by atoms with Gasteiger partial charge in [-0.3, -0.25) is 4.57 Å². The van der Waals surface area contributed by atoms with Gasteiger partial charge in [-0.15, -0.1) is 6.58 Å². The van der Waals surface area contributed by atoms with Gasteiger partial charge in [0.25, 0.3) is 0 Å². The van der Waals surface area contributed by atoms with Crippen LogP contribution in [-0.4, -0.2) is 23.3 Å². The van der Waals surface area contributed by atoms with Crippen LogP contribution in [0.4, 0.5) is 0 Å². The van der Waals surface area contributed by atoms with E-state index in [1.54, 1.807) is 6.08 Å². The molecule has 0 spiro atoms. The van der Waals surface area contributed by atoms with Crippen molar-refractivity contribution in [3.8, 4) is 0 Å². The highest BCUT2D eigenvalue weighted by Gasteiger charge is 2.33. The highest BCUT2D eigenvalue weighted by molar-refractivity contribution is 14.1. The molecule has 0 saturated carbocycles. The third kappa shape index (κ3) is 4.43. The Morgan fingerprint density at radius 2 is 1.93 bits per heavy atom. The standard InChI is InChI=1S/C9H18IO3P/c1-4-7-9(8-10)14(11,12-5-2)13-6-3/h4,9H,1,5-8H2,2-3H3. The van der Waals surface area contributed by atoms with Crippen LogP contribution >= 0.6 is 30.2 Å². The third-order valence-electron chi connectivity index (χ3n) is 1.68. The fourth-order valence-electron chi connectivity index (χ4n) is 1.08. The van der Waals surface area contributed by atoms with Crippen LogP contribution in [0.1, 0.15) is 20.3 Å². The van der Waals surface area contributed by atoms with E-state index in [1.807, 2.05) is 13.8 Å². The zero-order valence-corrected chi connectivity index (χ0v) is 11.8. The molecule has 0 aliphatic carbocycles. The molecule has 0 radical (unpaired) electrons. The molecule has 0 aromatic carbocycles. The first-order valence-electron chi connectivity index (χ1n) is 4.70. The second kappa shape index (κ2) is 7.85. The van der Waals surface area contributed by atoms with Gasteiger partial charge in [0.2, 0.25) is 0 Å². The Labute approximate surface area is 99.9 Å². The summed E-state index contributed by atoms with van der Waals surface area (Å²) in [5, 5.41) is 0. The maximum absolute atomic E-state index is 12.2. The molecule has 0 heterocycles. The SMILES string of the molecule is C=CCC(CI)P(=O)(OCC)OCC. The molecule has 0 aliphatic rings. The fourth-order valence-corrected chi connectivity index (χ4v) is 4.68. The van der Waals surface area contributed by atoms with E-state index in [2.05, 4.69) is 29.2 Å². The van der Waals surface area contributed by atoms with Gasteiger partial charge in [-0.05, 0) is 20.3 Å². The Morgan fingerprint density at radius 3 is 2.21 bits per heavy atom. The molecule has 0 aliphatic heterocycles. The largest absolute Gasteiger partial charge is 0.334 e. The topological polar surface area (TPSA) is 35.5 Å². The molecule has 0 N–H and O–H groups in total. The summed E-state index contributed by atoms with van der Waals surface area (Å²) in [5.74, 6) is 0. The van der Waals surface area contributed by atoms with Crippen molar-refractivity contribution in [1.29, 1.82) is 0 Å². The Bertz CT molecular complexity index is 198. The Kier molecular flexibility index (Phi) is 8.20. The summed E-state index contributed by atoms with van der Waals surface area (Å²) in [7, 11) is -2.92. The smallest absolute Gasteiger partial charge is 0.309 e. The molecular weight excluding hydrogens is 314 g/mol. The molecule has 0 aromatic heterocycles. The normalized spacial score (nSPS) is 13.9. The zero-order valence-electron chi connectivity index (χ0n) is 8.74. The fraction of sp³-hybridized carbons (Fsp3) is 0.778. The van der Waals surface area contributed by atoms with E-state index in [4.69, 9.17) is 9.05 Å². The van der Waals surface area contributed by atoms with Crippen LogP contribution in [0.3, 0.4) is 0 Å². The summed E-state index contributed by atoms with van der Waals surface area (Å²) < 4.78 is 23.5. The van der Waals surface area contributed by atoms with Crippen molar-refractivity contribution in [1.82, 2.24) is 0 Å². The summed E-state index contributed by atoms with van der Waals surface area (Å²) in [6.45, 7) is 8.13. The Hall–Kier alpha value is 0.620. The quantitative estimate of drug-likeness (QED) is 0.295. The molecule has 84 valence electrons. The van der Waals surface area contributed by atoms with Gasteiger partial charge in [0, 0.05) is 4.43 Å². The van der Waals surface area contributed by atoms with Crippen LogP contribution in [0.5, 0.6) is 0 Å². The van der Waals surface area contributed by atoms with Gasteiger partial charge < -0.3 is 9.05 Å². The van der Waals surface area contributed by atoms with Crippen molar-refractivity contribution in [2.75, 3.05) is 17.6 Å². The third-order valence-corrected chi connectivity index (χ3v) is 5.97. The number of hydrogen-bond donors (Lipinski definition) is 0. The van der Waals surface area contributed by atoms with Crippen molar-refractivity contribution in [3.05, 3.63) is 12.7 Å². The van der Waals surface area contributed by atoms with Crippen molar-refractivity contribution in [3.63, 3.8) is 0 Å². The van der Waals surface area contributed by atoms with Crippen molar-refractivity contribution < 1.29 is 13.6 Å². The lowest BCUT2D eigenvalue weighted by Crippen LogP contribution is -2.14. The van der Waals surface area contributed by atoms with Gasteiger partial charge in [0.05, 0.1) is 18.9 Å². The molecule has 0 aromatic rings. The van der Waals surface area contributed by atoms with Gasteiger partial charge in [-0.2, -0.15) is 0 Å². The summed E-state index contributed by atoms with van der Waals surface area (Å²) in [6, 6.07) is 0. The molecule has 14 heavy (non-hydrogen) atoms. The molecule has 0 amide bonds. The molecule has 1 atom stereocenters. The molecule has 3 nitrogen and oxygen atoms in total. The van der Waals surface area contributed by atoms with Crippen LogP contribution < -0.4 is 0 Å². The highest BCUT2D eigenvalue weighted by atomic mass is 127. The van der Waals surface area contributed by atoms with E-state index in [-0.39, 0.29) is 5.66 Å². The monoisotopic (exact) mass is 332 g/mol. The Balaban J connectivity index is 4.56. The van der Waals surface area contributed by atoms with Crippen molar-refractivity contribution in [2.24, 2.45) is 0 Å². The van der Waals surface area contributed by atoms with Gasteiger partial charge in [0.15, 0.2) is 0 Å². The van der Waals surface area contributed by atoms with E-state index < -0.39 is 7.60 Å². The number of allylic oxidation sites excluding steroid dienone is 1. The summed E-state index contributed by atoms with van der Waals surface area (Å²) >= 11 is 2.20. The van der Waals surface area contributed by atoms with Gasteiger partial charge in [0.1, 0.15) is 0 Å². The minimum absolute atomic E-state index is 0.0690. The zero-order chi connectivity index (χ0) is 11.0. The van der Waals surface area contributed by atoms with Gasteiger partial charge in [-0.25, -0.2) is 0 Å². The summed E-state index contributed by atoms with van der Waals surface area (Å²) in [5.41, 5.74) is -0.0690. The van der Waals surface area contributed by atoms with E-state index in [0.29, 0.717) is 19.6 Å². The summed E-state index contributed by atoms with van der Waals surface area (Å²) in [4.78, 5) is 0. The van der Waals surface area contributed by atoms with Crippen molar-refractivity contribution in [2.45, 2.75) is 25.9 Å². The van der Waals surface area contributed by atoms with Crippen LogP contribution in [0, 0.1) is 0 Å². The number of halogens is 1. The predicted molar refractivity (Wildman–Crippen MR) is 68.3 cm³/mol. The molecular formula is C9H18IO3P. The first kappa shape index (κ1) is 14.6. The molecule has 0 bridgehead atoms. The lowest BCUT2D eigenvalue weighted by Gasteiger charge is -2.23. The van der Waals surface area contributed by atoms with E-state index in [0.717, 1.165) is 4.43 Å². The molecule has 0 saturated heterocycles. The van der Waals surface area contributed by atoms with E-state index >= 15 is 0 Å². The molecule has 0 fully saturated rings. The molecule has 1 unspecified atom stereocenters. The van der Waals surface area contributed by atoms with Gasteiger partial charge in [-0.1, -0.05) is 28.7 Å². The minimum Gasteiger partial charge on any atom is -0.309 e. The average molecular weight is 332 g/mol. The lowest BCUT2D eigenvalue weighted by atomic mass is 10.3. The lowest BCUT2D eigenvalue weighted by molar-refractivity contribution is 0.214. The van der Waals surface area contributed by atoms with Crippen LogP contribution in [0.15, 0.2) is 12.7 Å².